The van der Waals surface area contributed by atoms with Gasteiger partial charge >= 0.3 is 0 Å². The molecule has 4 aromatic carbocycles. The van der Waals surface area contributed by atoms with Gasteiger partial charge in [-0.15, -0.1) is 0 Å². The van der Waals surface area contributed by atoms with Crippen molar-refractivity contribution in [2.75, 3.05) is 13.4 Å². The smallest absolute Gasteiger partial charge is 0.234 e. The van der Waals surface area contributed by atoms with Gasteiger partial charge in [0.05, 0.1) is 17.0 Å². The van der Waals surface area contributed by atoms with Crippen LogP contribution in [0.1, 0.15) is 20.7 Å². The lowest BCUT2D eigenvalue weighted by molar-refractivity contribution is 0.0817. The summed E-state index contributed by atoms with van der Waals surface area (Å²) >= 11 is 6.17. The highest BCUT2D eigenvalue weighted by Crippen LogP contribution is 2.36. The lowest BCUT2D eigenvalue weighted by atomic mass is 9.87. The van der Waals surface area contributed by atoms with Crippen molar-refractivity contribution < 1.29 is 22.7 Å². The summed E-state index contributed by atoms with van der Waals surface area (Å²) in [6.45, 7) is 0. The molecule has 0 spiro atoms. The van der Waals surface area contributed by atoms with Crippen LogP contribution in [0.5, 0.6) is 5.75 Å². The van der Waals surface area contributed by atoms with Crippen molar-refractivity contribution in [2.45, 2.75) is 4.90 Å². The first-order valence-electron chi connectivity index (χ1n) is 10.6. The number of carbonyl (C=O) groups excluding carboxylic acids is 2. The predicted octanol–water partition coefficient (Wildman–Crippen LogP) is 6.15. The zero-order chi connectivity index (χ0) is 25.2. The zero-order valence-corrected chi connectivity index (χ0v) is 20.6. The molecule has 176 valence electrons. The van der Waals surface area contributed by atoms with Crippen LogP contribution in [0.2, 0.25) is 5.02 Å². The Hall–Kier alpha value is -3.74. The first-order chi connectivity index (χ1) is 16.7. The Bertz CT molecular complexity index is 1530. The van der Waals surface area contributed by atoms with Gasteiger partial charge in [-0.05, 0) is 47.0 Å². The lowest BCUT2D eigenvalue weighted by Gasteiger charge is -2.15. The molecule has 0 N–H and O–H groups in total. The average molecular weight is 505 g/mol. The van der Waals surface area contributed by atoms with Gasteiger partial charge in [0.25, 0.3) is 0 Å². The van der Waals surface area contributed by atoms with Gasteiger partial charge in [0.1, 0.15) is 5.75 Å². The van der Waals surface area contributed by atoms with E-state index < -0.39 is 21.4 Å². The largest absolute Gasteiger partial charge is 0.495 e. The van der Waals surface area contributed by atoms with Gasteiger partial charge in [0.15, 0.2) is 9.84 Å². The van der Waals surface area contributed by atoms with E-state index in [-0.39, 0.29) is 21.0 Å². The van der Waals surface area contributed by atoms with E-state index in [1.807, 2.05) is 36.4 Å². The average Bonchev–Trinajstić information content (AvgIpc) is 2.87. The number of benzene rings is 4. The summed E-state index contributed by atoms with van der Waals surface area (Å²) in [5.41, 5.74) is 3.13. The molecule has 0 saturated heterocycles. The maximum atomic E-state index is 13.5. The topological polar surface area (TPSA) is 77.5 Å². The molecule has 0 amide bonds. The summed E-state index contributed by atoms with van der Waals surface area (Å²) in [5, 5.41) is 0.231. The van der Waals surface area contributed by atoms with Gasteiger partial charge in [-0.3, -0.25) is 9.59 Å². The summed E-state index contributed by atoms with van der Waals surface area (Å²) in [6.07, 6.45) is 1.15. The molecule has 0 aliphatic heterocycles. The van der Waals surface area contributed by atoms with Crippen molar-refractivity contribution in [1.82, 2.24) is 0 Å². The molecule has 7 heteroatoms. The fourth-order valence-corrected chi connectivity index (χ4v) is 4.73. The van der Waals surface area contributed by atoms with Crippen LogP contribution in [0.3, 0.4) is 0 Å². The molecule has 0 atom stereocenters. The number of methoxy groups -OCH3 is 1. The number of hydrogen-bond acceptors (Lipinski definition) is 5. The normalized spacial score (nSPS) is 11.2. The summed E-state index contributed by atoms with van der Waals surface area (Å²) in [6, 6.07) is 25.3. The second kappa shape index (κ2) is 9.86. The minimum absolute atomic E-state index is 0.155. The SMILES string of the molecule is COc1ccc(C(=O)C(=O)c2cccc(-c3ccc(S(C)(=O)=O)cc3)c2-c2ccccc2)cc1Cl. The van der Waals surface area contributed by atoms with E-state index in [1.54, 1.807) is 30.3 Å². The van der Waals surface area contributed by atoms with Crippen LogP contribution in [-0.4, -0.2) is 33.3 Å². The summed E-state index contributed by atoms with van der Waals surface area (Å²) in [7, 11) is -1.89. The fraction of sp³-hybridized carbons (Fsp3) is 0.0714. The van der Waals surface area contributed by atoms with E-state index >= 15 is 0 Å². The second-order valence-corrected chi connectivity index (χ2v) is 10.3. The number of rotatable bonds is 7. The van der Waals surface area contributed by atoms with Crippen molar-refractivity contribution in [2.24, 2.45) is 0 Å². The lowest BCUT2D eigenvalue weighted by Crippen LogP contribution is -2.16. The summed E-state index contributed by atoms with van der Waals surface area (Å²) in [5.74, 6) is -0.976. The highest BCUT2D eigenvalue weighted by atomic mass is 35.5. The van der Waals surface area contributed by atoms with Crippen molar-refractivity contribution in [3.05, 3.63) is 107 Å². The standard InChI is InChI=1S/C28H21ClO5S/c1-34-25-16-13-20(17-24(25)29)27(30)28(31)23-10-6-9-22(26(23)19-7-4-3-5-8-19)18-11-14-21(15-12-18)35(2,32)33/h3-17H,1-2H3. The Kier molecular flexibility index (Phi) is 6.87. The van der Waals surface area contributed by atoms with Crippen LogP contribution in [0.15, 0.2) is 95.9 Å². The molecular formula is C28H21ClO5S. The molecule has 0 bridgehead atoms. The molecule has 0 heterocycles. The molecule has 0 fully saturated rings. The van der Waals surface area contributed by atoms with Gasteiger partial charge in [0, 0.05) is 22.9 Å². The Morgan fingerprint density at radius 3 is 2.06 bits per heavy atom. The third kappa shape index (κ3) is 5.04. The number of ether oxygens (including phenoxy) is 1. The van der Waals surface area contributed by atoms with E-state index in [9.17, 15) is 18.0 Å². The van der Waals surface area contributed by atoms with E-state index in [4.69, 9.17) is 16.3 Å². The van der Waals surface area contributed by atoms with Crippen LogP contribution >= 0.6 is 11.6 Å². The third-order valence-corrected chi connectivity index (χ3v) is 7.01. The molecule has 4 aromatic rings. The minimum atomic E-state index is -3.35. The molecular weight excluding hydrogens is 484 g/mol. The maximum absolute atomic E-state index is 13.5. The van der Waals surface area contributed by atoms with Crippen LogP contribution in [0, 0.1) is 0 Å². The molecule has 5 nitrogen and oxygen atoms in total. The second-order valence-electron chi connectivity index (χ2n) is 7.90. The fourth-order valence-electron chi connectivity index (χ4n) is 3.84. The predicted molar refractivity (Wildman–Crippen MR) is 137 cm³/mol. The van der Waals surface area contributed by atoms with Crippen molar-refractivity contribution in [3.8, 4) is 28.0 Å². The van der Waals surface area contributed by atoms with Gasteiger partial charge < -0.3 is 4.74 Å². The zero-order valence-electron chi connectivity index (χ0n) is 19.0. The molecule has 0 saturated carbocycles. The van der Waals surface area contributed by atoms with Gasteiger partial charge in [0.2, 0.25) is 11.6 Å². The van der Waals surface area contributed by atoms with Gasteiger partial charge in [-0.2, -0.15) is 0 Å². The van der Waals surface area contributed by atoms with Gasteiger partial charge in [-0.1, -0.05) is 72.3 Å². The molecule has 0 radical (unpaired) electrons. The van der Waals surface area contributed by atoms with Crippen molar-refractivity contribution >= 4 is 33.0 Å². The van der Waals surface area contributed by atoms with Crippen LogP contribution in [0.4, 0.5) is 0 Å². The Labute approximate surface area is 208 Å². The number of ketones is 2. The highest BCUT2D eigenvalue weighted by molar-refractivity contribution is 7.90. The first kappa shape index (κ1) is 24.4. The van der Waals surface area contributed by atoms with E-state index in [0.29, 0.717) is 22.4 Å². The summed E-state index contributed by atoms with van der Waals surface area (Å²) < 4.78 is 28.9. The molecule has 0 aliphatic rings. The molecule has 0 unspecified atom stereocenters. The highest BCUT2D eigenvalue weighted by Gasteiger charge is 2.24. The molecule has 0 aliphatic carbocycles. The van der Waals surface area contributed by atoms with E-state index in [0.717, 1.165) is 11.8 Å². The van der Waals surface area contributed by atoms with Crippen molar-refractivity contribution in [3.63, 3.8) is 0 Å². The maximum Gasteiger partial charge on any atom is 0.234 e. The Morgan fingerprint density at radius 1 is 0.771 bits per heavy atom. The number of sulfone groups is 1. The number of Topliss-reactive ketones (excluding diaryl/α,β-unsaturated/α-hetero) is 2. The van der Waals surface area contributed by atoms with Crippen molar-refractivity contribution in [1.29, 1.82) is 0 Å². The molecule has 0 aromatic heterocycles. The number of carbonyl (C=O) groups is 2. The number of hydrogen-bond donors (Lipinski definition) is 0. The van der Waals surface area contributed by atoms with Gasteiger partial charge in [-0.25, -0.2) is 8.42 Å². The van der Waals surface area contributed by atoms with E-state index in [1.165, 1.54) is 31.4 Å². The minimum Gasteiger partial charge on any atom is -0.495 e. The monoisotopic (exact) mass is 504 g/mol. The molecule has 35 heavy (non-hydrogen) atoms. The van der Waals surface area contributed by atoms with Crippen LogP contribution < -0.4 is 4.74 Å². The van der Waals surface area contributed by atoms with E-state index in [2.05, 4.69) is 0 Å². The third-order valence-electron chi connectivity index (χ3n) is 5.59. The Balaban J connectivity index is 1.86. The van der Waals surface area contributed by atoms with Crippen LogP contribution in [-0.2, 0) is 9.84 Å². The summed E-state index contributed by atoms with van der Waals surface area (Å²) in [4.78, 5) is 26.8. The number of halogens is 1. The van der Waals surface area contributed by atoms with Crippen LogP contribution in [0.25, 0.3) is 22.3 Å². The first-order valence-corrected chi connectivity index (χ1v) is 12.9. The quantitative estimate of drug-likeness (QED) is 0.223. The molecule has 4 rings (SSSR count). The Morgan fingerprint density at radius 2 is 1.46 bits per heavy atom.